The van der Waals surface area contributed by atoms with Crippen molar-refractivity contribution in [2.24, 2.45) is 0 Å². The minimum absolute atomic E-state index is 0.763. The quantitative estimate of drug-likeness (QED) is 0.885. The van der Waals surface area contributed by atoms with Gasteiger partial charge in [-0.2, -0.15) is 0 Å². The van der Waals surface area contributed by atoms with Gasteiger partial charge in [0, 0.05) is 26.2 Å². The zero-order valence-electron chi connectivity index (χ0n) is 13.1. The Labute approximate surface area is 126 Å². The smallest absolute Gasteiger partial charge is 0.134 e. The number of nitrogens with one attached hydrogen (secondary N) is 1. The molecule has 0 aliphatic carbocycles. The number of rotatable bonds is 6. The maximum atomic E-state index is 5.26. The molecule has 1 aromatic carbocycles. The van der Waals surface area contributed by atoms with Crippen LogP contribution < -0.4 is 15.0 Å². The molecule has 0 saturated carbocycles. The molecule has 1 heterocycles. The molecule has 0 aliphatic heterocycles. The molecule has 0 unspecified atom stereocenters. The van der Waals surface area contributed by atoms with E-state index < -0.39 is 0 Å². The number of nitrogens with zero attached hydrogens (tertiary/aromatic N) is 3. The van der Waals surface area contributed by atoms with Gasteiger partial charge < -0.3 is 15.0 Å². The molecule has 0 spiro atoms. The molecule has 21 heavy (non-hydrogen) atoms. The van der Waals surface area contributed by atoms with Crippen molar-refractivity contribution in [3.63, 3.8) is 0 Å². The number of benzene rings is 1. The predicted octanol–water partition coefficient (Wildman–Crippen LogP) is 2.86. The molecule has 0 aliphatic rings. The van der Waals surface area contributed by atoms with Crippen LogP contribution in [0.15, 0.2) is 30.3 Å². The van der Waals surface area contributed by atoms with Gasteiger partial charge in [-0.3, -0.25) is 0 Å². The molecule has 2 aromatic rings. The highest BCUT2D eigenvalue weighted by atomic mass is 16.5. The first-order valence-corrected chi connectivity index (χ1v) is 7.06. The van der Waals surface area contributed by atoms with E-state index in [2.05, 4.69) is 33.2 Å². The Kier molecular flexibility index (Phi) is 4.98. The number of hydrogen-bond donors (Lipinski definition) is 1. The first-order chi connectivity index (χ1) is 10.1. The summed E-state index contributed by atoms with van der Waals surface area (Å²) in [7, 11) is 3.70. The van der Waals surface area contributed by atoms with Crippen molar-refractivity contribution < 1.29 is 4.74 Å². The lowest BCUT2D eigenvalue weighted by atomic mass is 10.2. The molecule has 2 rings (SSSR count). The largest absolute Gasteiger partial charge is 0.497 e. The molecule has 5 heteroatoms. The molecule has 0 atom stereocenters. The van der Waals surface area contributed by atoms with Gasteiger partial charge in [0.1, 0.15) is 23.2 Å². The van der Waals surface area contributed by atoms with E-state index in [-0.39, 0.29) is 0 Å². The van der Waals surface area contributed by atoms with Gasteiger partial charge >= 0.3 is 0 Å². The van der Waals surface area contributed by atoms with Crippen LogP contribution in [0.3, 0.4) is 0 Å². The van der Waals surface area contributed by atoms with Crippen molar-refractivity contribution in [1.82, 2.24) is 9.97 Å². The first kappa shape index (κ1) is 15.1. The predicted molar refractivity (Wildman–Crippen MR) is 86.0 cm³/mol. The molecule has 1 aromatic heterocycles. The standard InChI is InChI=1S/C16H22N4O/c1-5-17-15-10-16(19-12(2)18-15)20(3)11-13-7-6-8-14(9-13)21-4/h6-10H,5,11H2,1-4H3,(H,17,18,19). The minimum atomic E-state index is 0.763. The van der Waals surface area contributed by atoms with Crippen molar-refractivity contribution in [1.29, 1.82) is 0 Å². The second kappa shape index (κ2) is 6.92. The fourth-order valence-electron chi connectivity index (χ4n) is 2.14. The Bertz CT molecular complexity index is 601. The van der Waals surface area contributed by atoms with Crippen LogP contribution in [-0.4, -0.2) is 30.7 Å². The summed E-state index contributed by atoms with van der Waals surface area (Å²) in [5, 5.41) is 3.23. The van der Waals surface area contributed by atoms with Gasteiger partial charge in [0.25, 0.3) is 0 Å². The van der Waals surface area contributed by atoms with Crippen LogP contribution in [0.25, 0.3) is 0 Å². The van der Waals surface area contributed by atoms with Crippen LogP contribution in [0, 0.1) is 6.92 Å². The van der Waals surface area contributed by atoms with Crippen LogP contribution in [0.4, 0.5) is 11.6 Å². The molecule has 1 N–H and O–H groups in total. The van der Waals surface area contributed by atoms with E-state index in [9.17, 15) is 0 Å². The molecule has 5 nitrogen and oxygen atoms in total. The fraction of sp³-hybridized carbons (Fsp3) is 0.375. The van der Waals surface area contributed by atoms with Gasteiger partial charge in [-0.25, -0.2) is 9.97 Å². The average Bonchev–Trinajstić information content (AvgIpc) is 2.47. The topological polar surface area (TPSA) is 50.3 Å². The second-order valence-corrected chi connectivity index (χ2v) is 4.90. The summed E-state index contributed by atoms with van der Waals surface area (Å²) >= 11 is 0. The number of aromatic nitrogens is 2. The number of hydrogen-bond acceptors (Lipinski definition) is 5. The molecule has 0 saturated heterocycles. The van der Waals surface area contributed by atoms with Crippen LogP contribution in [0.2, 0.25) is 0 Å². The van der Waals surface area contributed by atoms with E-state index in [0.717, 1.165) is 36.3 Å². The van der Waals surface area contributed by atoms with E-state index in [1.54, 1.807) is 7.11 Å². The van der Waals surface area contributed by atoms with Crippen molar-refractivity contribution in [3.8, 4) is 5.75 Å². The van der Waals surface area contributed by atoms with Crippen molar-refractivity contribution in [3.05, 3.63) is 41.7 Å². The van der Waals surface area contributed by atoms with Crippen molar-refractivity contribution >= 4 is 11.6 Å². The first-order valence-electron chi connectivity index (χ1n) is 7.06. The monoisotopic (exact) mass is 286 g/mol. The van der Waals surface area contributed by atoms with E-state index >= 15 is 0 Å². The van der Waals surface area contributed by atoms with Gasteiger partial charge in [0.15, 0.2) is 0 Å². The summed E-state index contributed by atoms with van der Waals surface area (Å²) in [5.41, 5.74) is 1.18. The molecule has 0 radical (unpaired) electrons. The summed E-state index contributed by atoms with van der Waals surface area (Å²) in [4.78, 5) is 11.0. The van der Waals surface area contributed by atoms with Gasteiger partial charge in [0.05, 0.1) is 7.11 Å². The van der Waals surface area contributed by atoms with Gasteiger partial charge in [0.2, 0.25) is 0 Å². The van der Waals surface area contributed by atoms with E-state index in [0.29, 0.717) is 0 Å². The third kappa shape index (κ3) is 4.08. The third-order valence-electron chi connectivity index (χ3n) is 3.13. The van der Waals surface area contributed by atoms with Crippen LogP contribution in [0.1, 0.15) is 18.3 Å². The zero-order valence-corrected chi connectivity index (χ0v) is 13.1. The minimum Gasteiger partial charge on any atom is -0.497 e. The number of anilines is 2. The van der Waals surface area contributed by atoms with Gasteiger partial charge in [-0.15, -0.1) is 0 Å². The maximum absolute atomic E-state index is 5.26. The fourth-order valence-corrected chi connectivity index (χ4v) is 2.14. The number of ether oxygens (including phenoxy) is 1. The molecular formula is C16H22N4O. The number of methoxy groups -OCH3 is 1. The average molecular weight is 286 g/mol. The number of aryl methyl sites for hydroxylation is 1. The third-order valence-corrected chi connectivity index (χ3v) is 3.13. The summed E-state index contributed by atoms with van der Waals surface area (Å²) in [6, 6.07) is 10.0. The Morgan fingerprint density at radius 2 is 2.05 bits per heavy atom. The Morgan fingerprint density at radius 3 is 2.76 bits per heavy atom. The molecule has 0 fully saturated rings. The van der Waals surface area contributed by atoms with Gasteiger partial charge in [-0.05, 0) is 31.5 Å². The van der Waals surface area contributed by atoms with Gasteiger partial charge in [-0.1, -0.05) is 12.1 Å². The lowest BCUT2D eigenvalue weighted by Crippen LogP contribution is -2.19. The highest BCUT2D eigenvalue weighted by Gasteiger charge is 2.07. The Balaban J connectivity index is 2.17. The lowest BCUT2D eigenvalue weighted by Gasteiger charge is -2.19. The lowest BCUT2D eigenvalue weighted by molar-refractivity contribution is 0.414. The normalized spacial score (nSPS) is 10.3. The van der Waals surface area contributed by atoms with Crippen LogP contribution in [0.5, 0.6) is 5.75 Å². The van der Waals surface area contributed by atoms with Crippen molar-refractivity contribution in [2.45, 2.75) is 20.4 Å². The molecule has 0 bridgehead atoms. The van der Waals surface area contributed by atoms with Crippen molar-refractivity contribution in [2.75, 3.05) is 30.9 Å². The van der Waals surface area contributed by atoms with Crippen LogP contribution in [-0.2, 0) is 6.54 Å². The highest BCUT2D eigenvalue weighted by molar-refractivity contribution is 5.49. The highest BCUT2D eigenvalue weighted by Crippen LogP contribution is 2.19. The molecular weight excluding hydrogens is 264 g/mol. The maximum Gasteiger partial charge on any atom is 0.134 e. The Morgan fingerprint density at radius 1 is 1.24 bits per heavy atom. The SMILES string of the molecule is CCNc1cc(N(C)Cc2cccc(OC)c2)nc(C)n1. The Hall–Kier alpha value is -2.30. The summed E-state index contributed by atoms with van der Waals surface area (Å²) < 4.78 is 5.26. The molecule has 112 valence electrons. The summed E-state index contributed by atoms with van der Waals surface area (Å²) in [6.45, 7) is 5.56. The summed E-state index contributed by atoms with van der Waals surface area (Å²) in [6.07, 6.45) is 0. The van der Waals surface area contributed by atoms with Crippen LogP contribution >= 0.6 is 0 Å². The zero-order chi connectivity index (χ0) is 15.2. The van der Waals surface area contributed by atoms with E-state index in [4.69, 9.17) is 4.74 Å². The van der Waals surface area contributed by atoms with E-state index in [1.165, 1.54) is 5.56 Å². The molecule has 0 amide bonds. The van der Waals surface area contributed by atoms with E-state index in [1.807, 2.05) is 38.2 Å². The second-order valence-electron chi connectivity index (χ2n) is 4.90. The summed E-state index contributed by atoms with van der Waals surface area (Å²) in [5.74, 6) is 3.40.